The van der Waals surface area contributed by atoms with Crippen molar-refractivity contribution in [1.29, 1.82) is 0 Å². The number of piperazine rings is 1. The minimum absolute atomic E-state index is 0.420. The Labute approximate surface area is 117 Å². The Kier molecular flexibility index (Phi) is 5.23. The van der Waals surface area contributed by atoms with Crippen LogP contribution in [-0.4, -0.2) is 65.8 Å². The van der Waals surface area contributed by atoms with Crippen molar-refractivity contribution in [2.75, 3.05) is 39.3 Å². The summed E-state index contributed by atoms with van der Waals surface area (Å²) in [7, 11) is 0. The van der Waals surface area contributed by atoms with Gasteiger partial charge in [0.2, 0.25) is 0 Å². The third kappa shape index (κ3) is 5.03. The van der Waals surface area contributed by atoms with Crippen LogP contribution >= 0.6 is 0 Å². The standard InChI is InChI=1S/C15H31N3O/c1-15(2,19)12-18-9-7-17(8-10-18)11-13-5-3-4-6-14(13)16/h13-14,19H,3-12,16H2,1-2H3. The van der Waals surface area contributed by atoms with Crippen molar-refractivity contribution in [1.82, 2.24) is 9.80 Å². The number of hydrogen-bond acceptors (Lipinski definition) is 4. The molecular weight excluding hydrogens is 238 g/mol. The van der Waals surface area contributed by atoms with Crippen LogP contribution in [0.1, 0.15) is 39.5 Å². The third-order valence-corrected chi connectivity index (χ3v) is 4.54. The number of nitrogens with zero attached hydrogens (tertiary/aromatic N) is 2. The zero-order valence-corrected chi connectivity index (χ0v) is 12.6. The molecule has 4 heteroatoms. The maximum atomic E-state index is 9.86. The third-order valence-electron chi connectivity index (χ3n) is 4.54. The van der Waals surface area contributed by atoms with Crippen LogP contribution in [0.25, 0.3) is 0 Å². The lowest BCUT2D eigenvalue weighted by molar-refractivity contribution is 0.0143. The van der Waals surface area contributed by atoms with Gasteiger partial charge in [0.1, 0.15) is 0 Å². The second-order valence-electron chi connectivity index (χ2n) is 7.10. The van der Waals surface area contributed by atoms with Crippen LogP contribution < -0.4 is 5.73 Å². The van der Waals surface area contributed by atoms with Gasteiger partial charge in [-0.15, -0.1) is 0 Å². The lowest BCUT2D eigenvalue weighted by Crippen LogP contribution is -2.52. The van der Waals surface area contributed by atoms with Crippen LogP contribution in [0.2, 0.25) is 0 Å². The second-order valence-corrected chi connectivity index (χ2v) is 7.10. The van der Waals surface area contributed by atoms with E-state index in [0.29, 0.717) is 12.0 Å². The Morgan fingerprint density at radius 1 is 1.05 bits per heavy atom. The maximum Gasteiger partial charge on any atom is 0.0718 e. The van der Waals surface area contributed by atoms with Gasteiger partial charge in [0.05, 0.1) is 5.60 Å². The molecule has 0 bridgehead atoms. The van der Waals surface area contributed by atoms with Crippen molar-refractivity contribution < 1.29 is 5.11 Å². The van der Waals surface area contributed by atoms with E-state index in [0.717, 1.165) is 32.7 Å². The summed E-state index contributed by atoms with van der Waals surface area (Å²) in [5.74, 6) is 0.703. The minimum atomic E-state index is -0.576. The highest BCUT2D eigenvalue weighted by Crippen LogP contribution is 2.24. The van der Waals surface area contributed by atoms with Crippen molar-refractivity contribution in [3.05, 3.63) is 0 Å². The van der Waals surface area contributed by atoms with Crippen molar-refractivity contribution in [3.8, 4) is 0 Å². The molecule has 1 heterocycles. The van der Waals surface area contributed by atoms with E-state index >= 15 is 0 Å². The molecule has 0 aromatic rings. The number of hydrogen-bond donors (Lipinski definition) is 2. The fraction of sp³-hybridized carbons (Fsp3) is 1.00. The highest BCUT2D eigenvalue weighted by molar-refractivity contribution is 4.83. The molecule has 2 rings (SSSR count). The predicted octanol–water partition coefficient (Wildman–Crippen LogP) is 0.892. The summed E-state index contributed by atoms with van der Waals surface area (Å²) in [4.78, 5) is 4.94. The van der Waals surface area contributed by atoms with E-state index in [-0.39, 0.29) is 0 Å². The van der Waals surface area contributed by atoms with Crippen LogP contribution in [0.3, 0.4) is 0 Å². The molecule has 1 saturated carbocycles. The number of β-amino-alcohol motifs (C(OH)–C–C–N with tert-alkyl or cyclic N) is 1. The van der Waals surface area contributed by atoms with Crippen molar-refractivity contribution >= 4 is 0 Å². The Balaban J connectivity index is 1.71. The minimum Gasteiger partial charge on any atom is -0.389 e. The Hall–Kier alpha value is -0.160. The molecule has 0 radical (unpaired) electrons. The van der Waals surface area contributed by atoms with Crippen LogP contribution in [0.5, 0.6) is 0 Å². The summed E-state index contributed by atoms with van der Waals surface area (Å²) in [5, 5.41) is 9.86. The largest absolute Gasteiger partial charge is 0.389 e. The lowest BCUT2D eigenvalue weighted by Gasteiger charge is -2.40. The molecule has 1 saturated heterocycles. The first-order valence-corrected chi connectivity index (χ1v) is 7.87. The van der Waals surface area contributed by atoms with Gasteiger partial charge < -0.3 is 15.7 Å². The van der Waals surface area contributed by atoms with Gasteiger partial charge in [-0.05, 0) is 32.6 Å². The molecule has 3 N–H and O–H groups in total. The van der Waals surface area contributed by atoms with E-state index in [2.05, 4.69) is 9.80 Å². The number of rotatable bonds is 4. The van der Waals surface area contributed by atoms with E-state index in [1.165, 1.54) is 32.2 Å². The molecule has 2 aliphatic rings. The molecule has 112 valence electrons. The summed E-state index contributed by atoms with van der Waals surface area (Å²) < 4.78 is 0. The maximum absolute atomic E-state index is 9.86. The molecule has 4 nitrogen and oxygen atoms in total. The van der Waals surface area contributed by atoms with Crippen LogP contribution in [-0.2, 0) is 0 Å². The van der Waals surface area contributed by atoms with E-state index in [4.69, 9.17) is 5.73 Å². The number of nitrogens with two attached hydrogens (primary N) is 1. The van der Waals surface area contributed by atoms with Gasteiger partial charge in [0, 0.05) is 45.3 Å². The summed E-state index contributed by atoms with van der Waals surface area (Å²) in [6.07, 6.45) is 5.20. The van der Waals surface area contributed by atoms with Crippen LogP contribution in [0, 0.1) is 5.92 Å². The molecule has 1 aliphatic carbocycles. The molecule has 0 aromatic heterocycles. The monoisotopic (exact) mass is 269 g/mol. The summed E-state index contributed by atoms with van der Waals surface area (Å²) >= 11 is 0. The smallest absolute Gasteiger partial charge is 0.0718 e. The molecule has 0 spiro atoms. The van der Waals surface area contributed by atoms with E-state index in [9.17, 15) is 5.11 Å². The highest BCUT2D eigenvalue weighted by atomic mass is 16.3. The normalized spacial score (nSPS) is 31.6. The number of aliphatic hydroxyl groups is 1. The SMILES string of the molecule is CC(C)(O)CN1CCN(CC2CCCCC2N)CC1. The lowest BCUT2D eigenvalue weighted by atomic mass is 9.84. The van der Waals surface area contributed by atoms with Crippen molar-refractivity contribution in [3.63, 3.8) is 0 Å². The first kappa shape index (κ1) is 15.2. The van der Waals surface area contributed by atoms with Crippen molar-refractivity contribution in [2.45, 2.75) is 51.2 Å². The molecule has 2 fully saturated rings. The topological polar surface area (TPSA) is 52.7 Å². The highest BCUT2D eigenvalue weighted by Gasteiger charge is 2.27. The van der Waals surface area contributed by atoms with Gasteiger partial charge in [0.15, 0.2) is 0 Å². The Morgan fingerprint density at radius 2 is 1.63 bits per heavy atom. The Morgan fingerprint density at radius 3 is 2.21 bits per heavy atom. The van der Waals surface area contributed by atoms with Crippen molar-refractivity contribution in [2.24, 2.45) is 11.7 Å². The van der Waals surface area contributed by atoms with Gasteiger partial charge in [-0.2, -0.15) is 0 Å². The van der Waals surface area contributed by atoms with E-state index < -0.39 is 5.60 Å². The van der Waals surface area contributed by atoms with Gasteiger partial charge in [0.25, 0.3) is 0 Å². The van der Waals surface area contributed by atoms with Gasteiger partial charge >= 0.3 is 0 Å². The second kappa shape index (κ2) is 6.53. The molecule has 1 aliphatic heterocycles. The molecule has 0 amide bonds. The van der Waals surface area contributed by atoms with E-state index in [1.54, 1.807) is 0 Å². The van der Waals surface area contributed by atoms with E-state index in [1.807, 2.05) is 13.8 Å². The zero-order valence-electron chi connectivity index (χ0n) is 12.6. The van der Waals surface area contributed by atoms with Gasteiger partial charge in [-0.3, -0.25) is 4.90 Å². The average molecular weight is 269 g/mol. The average Bonchev–Trinajstić information content (AvgIpc) is 2.33. The first-order chi connectivity index (χ1) is 8.94. The van der Waals surface area contributed by atoms with Gasteiger partial charge in [-0.1, -0.05) is 12.8 Å². The first-order valence-electron chi connectivity index (χ1n) is 7.87. The fourth-order valence-electron chi connectivity index (χ4n) is 3.47. The summed E-state index contributed by atoms with van der Waals surface area (Å²) in [5.41, 5.74) is 5.66. The quantitative estimate of drug-likeness (QED) is 0.796. The summed E-state index contributed by atoms with van der Waals surface area (Å²) in [6, 6.07) is 0.420. The molecule has 19 heavy (non-hydrogen) atoms. The van der Waals surface area contributed by atoms with Gasteiger partial charge in [-0.25, -0.2) is 0 Å². The fourth-order valence-corrected chi connectivity index (χ4v) is 3.47. The van der Waals surface area contributed by atoms with Crippen LogP contribution in [0.15, 0.2) is 0 Å². The molecule has 0 aromatic carbocycles. The molecular formula is C15H31N3O. The molecule has 2 atom stereocenters. The summed E-state index contributed by atoms with van der Waals surface area (Å²) in [6.45, 7) is 10.1. The van der Waals surface area contributed by atoms with Crippen LogP contribution in [0.4, 0.5) is 0 Å². The predicted molar refractivity (Wildman–Crippen MR) is 79.1 cm³/mol. The zero-order chi connectivity index (χ0) is 13.9. The molecule has 2 unspecified atom stereocenters. The Bertz CT molecular complexity index is 269.